The molecule has 0 saturated carbocycles. The van der Waals surface area contributed by atoms with Gasteiger partial charge in [-0.1, -0.05) is 30.7 Å². The fourth-order valence-corrected chi connectivity index (χ4v) is 4.94. The van der Waals surface area contributed by atoms with Gasteiger partial charge in [0, 0.05) is 22.7 Å². The number of ether oxygens (including phenoxy) is 1. The Balaban J connectivity index is 1.35. The highest BCUT2D eigenvalue weighted by Gasteiger charge is 2.23. The smallest absolute Gasteiger partial charge is 0.319 e. The number of methoxy groups -OCH3 is 1. The summed E-state index contributed by atoms with van der Waals surface area (Å²) in [5, 5.41) is 10.8. The van der Waals surface area contributed by atoms with Crippen LogP contribution in [0.25, 0.3) is 0 Å². The maximum absolute atomic E-state index is 12.7. The Hall–Kier alpha value is -3.36. The molecule has 8 heteroatoms. The van der Waals surface area contributed by atoms with Gasteiger partial charge in [-0.05, 0) is 73.3 Å². The van der Waals surface area contributed by atoms with Crippen LogP contribution in [-0.2, 0) is 6.54 Å². The first-order chi connectivity index (χ1) is 17.1. The van der Waals surface area contributed by atoms with E-state index in [-0.39, 0.29) is 18.0 Å². The van der Waals surface area contributed by atoms with E-state index in [0.717, 1.165) is 29.3 Å². The summed E-state index contributed by atoms with van der Waals surface area (Å²) in [6.45, 7) is 3.00. The number of thiophene rings is 1. The Morgan fingerprint density at radius 1 is 1.00 bits per heavy atom. The number of amides is 3. The highest BCUT2D eigenvalue weighted by Crippen LogP contribution is 2.26. The van der Waals surface area contributed by atoms with Gasteiger partial charge in [0.05, 0.1) is 19.7 Å². The third-order valence-corrected chi connectivity index (χ3v) is 7.05. The van der Waals surface area contributed by atoms with Crippen LogP contribution in [0.5, 0.6) is 5.75 Å². The Bertz CT molecular complexity index is 1100. The highest BCUT2D eigenvalue weighted by atomic mass is 32.1. The van der Waals surface area contributed by atoms with Gasteiger partial charge >= 0.3 is 6.03 Å². The van der Waals surface area contributed by atoms with Crippen LogP contribution >= 0.6 is 11.3 Å². The van der Waals surface area contributed by atoms with Crippen molar-refractivity contribution in [2.75, 3.05) is 32.1 Å². The van der Waals surface area contributed by atoms with E-state index in [1.54, 1.807) is 42.7 Å². The summed E-state index contributed by atoms with van der Waals surface area (Å²) in [5.41, 5.74) is 2.23. The third-order valence-electron chi connectivity index (χ3n) is 6.17. The van der Waals surface area contributed by atoms with Crippen LogP contribution in [0.15, 0.2) is 66.0 Å². The molecular formula is C27H32N4O3S. The predicted molar refractivity (Wildman–Crippen MR) is 140 cm³/mol. The summed E-state index contributed by atoms with van der Waals surface area (Å²) in [6, 6.07) is 18.8. The molecule has 1 fully saturated rings. The van der Waals surface area contributed by atoms with Gasteiger partial charge in [-0.3, -0.25) is 9.69 Å². The molecular weight excluding hydrogens is 460 g/mol. The molecule has 4 rings (SSSR count). The Labute approximate surface area is 210 Å². The molecule has 3 amide bonds. The lowest BCUT2D eigenvalue weighted by Crippen LogP contribution is -2.41. The standard InChI is InChI=1S/C27H32N4O3S/c1-34-23-12-10-20(11-13-23)25(31-14-3-2-4-15-31)19-29-27(33)30-22-8-5-7-21(17-22)26(32)28-18-24-9-6-16-35-24/h5-13,16-17,25H,2-4,14-15,18-19H2,1H3,(H,28,32)(H2,29,30,33). The first-order valence-electron chi connectivity index (χ1n) is 12.0. The molecule has 1 aliphatic rings. The first-order valence-corrected chi connectivity index (χ1v) is 12.8. The molecule has 1 atom stereocenters. The van der Waals surface area contributed by atoms with Crippen molar-refractivity contribution in [3.05, 3.63) is 82.0 Å². The van der Waals surface area contributed by atoms with Crippen molar-refractivity contribution in [1.29, 1.82) is 0 Å². The van der Waals surface area contributed by atoms with Crippen LogP contribution in [0, 0.1) is 0 Å². The summed E-state index contributed by atoms with van der Waals surface area (Å²) in [6.07, 6.45) is 3.58. The van der Waals surface area contributed by atoms with Gasteiger partial charge in [-0.15, -0.1) is 11.3 Å². The molecule has 1 aromatic heterocycles. The minimum atomic E-state index is -0.295. The van der Waals surface area contributed by atoms with Crippen LogP contribution in [0.4, 0.5) is 10.5 Å². The molecule has 3 aromatic rings. The second kappa shape index (κ2) is 12.4. The maximum atomic E-state index is 12.7. The van der Waals surface area contributed by atoms with E-state index < -0.39 is 0 Å². The van der Waals surface area contributed by atoms with Crippen LogP contribution in [0.3, 0.4) is 0 Å². The van der Waals surface area contributed by atoms with Crippen LogP contribution in [0.1, 0.15) is 46.1 Å². The average Bonchev–Trinajstić information content (AvgIpc) is 3.42. The van der Waals surface area contributed by atoms with Gasteiger partial charge in [0.1, 0.15) is 5.75 Å². The number of urea groups is 1. The van der Waals surface area contributed by atoms with Crippen molar-refractivity contribution in [2.24, 2.45) is 0 Å². The Kier molecular flexibility index (Phi) is 8.75. The largest absolute Gasteiger partial charge is 0.497 e. The highest BCUT2D eigenvalue weighted by molar-refractivity contribution is 7.09. The molecule has 0 radical (unpaired) electrons. The van der Waals surface area contributed by atoms with Gasteiger partial charge in [0.2, 0.25) is 0 Å². The van der Waals surface area contributed by atoms with E-state index in [9.17, 15) is 9.59 Å². The number of hydrogen-bond donors (Lipinski definition) is 3. The zero-order valence-electron chi connectivity index (χ0n) is 20.0. The molecule has 3 N–H and O–H groups in total. The zero-order chi connectivity index (χ0) is 24.5. The number of nitrogens with one attached hydrogen (secondary N) is 3. The number of carbonyl (C=O) groups excluding carboxylic acids is 2. The fraction of sp³-hybridized carbons (Fsp3) is 0.333. The van der Waals surface area contributed by atoms with Crippen LogP contribution in [-0.4, -0.2) is 43.6 Å². The number of rotatable bonds is 9. The van der Waals surface area contributed by atoms with E-state index in [2.05, 4.69) is 33.0 Å². The second-order valence-corrected chi connectivity index (χ2v) is 9.60. The van der Waals surface area contributed by atoms with E-state index >= 15 is 0 Å². The number of benzene rings is 2. The quantitative estimate of drug-likeness (QED) is 0.391. The normalized spacial score (nSPS) is 14.7. The average molecular weight is 493 g/mol. The Morgan fingerprint density at radius 2 is 1.80 bits per heavy atom. The van der Waals surface area contributed by atoms with Crippen molar-refractivity contribution in [3.63, 3.8) is 0 Å². The van der Waals surface area contributed by atoms with E-state index in [1.165, 1.54) is 19.3 Å². The molecule has 1 saturated heterocycles. The lowest BCUT2D eigenvalue weighted by atomic mass is 10.0. The van der Waals surface area contributed by atoms with Gasteiger partial charge in [0.25, 0.3) is 5.91 Å². The predicted octanol–water partition coefficient (Wildman–Crippen LogP) is 5.04. The van der Waals surface area contributed by atoms with Crippen molar-refractivity contribution in [2.45, 2.75) is 31.8 Å². The third kappa shape index (κ3) is 7.07. The van der Waals surface area contributed by atoms with Crippen molar-refractivity contribution in [3.8, 4) is 5.75 Å². The van der Waals surface area contributed by atoms with E-state index in [1.807, 2.05) is 29.6 Å². The lowest BCUT2D eigenvalue weighted by Gasteiger charge is -2.35. The lowest BCUT2D eigenvalue weighted by molar-refractivity contribution is 0.0951. The summed E-state index contributed by atoms with van der Waals surface area (Å²) >= 11 is 1.60. The number of likely N-dealkylation sites (tertiary alicyclic amines) is 1. The van der Waals surface area contributed by atoms with Crippen LogP contribution in [0.2, 0.25) is 0 Å². The summed E-state index contributed by atoms with van der Waals surface area (Å²) in [4.78, 5) is 28.8. The van der Waals surface area contributed by atoms with Gasteiger partial charge in [-0.2, -0.15) is 0 Å². The number of piperidine rings is 1. The number of carbonyl (C=O) groups is 2. The second-order valence-electron chi connectivity index (χ2n) is 8.56. The molecule has 1 unspecified atom stereocenters. The maximum Gasteiger partial charge on any atom is 0.319 e. The first kappa shape index (κ1) is 24.8. The number of anilines is 1. The molecule has 0 bridgehead atoms. The summed E-state index contributed by atoms with van der Waals surface area (Å²) in [5.74, 6) is 0.642. The summed E-state index contributed by atoms with van der Waals surface area (Å²) < 4.78 is 5.30. The van der Waals surface area contributed by atoms with Gasteiger partial charge in [-0.25, -0.2) is 4.79 Å². The molecule has 2 heterocycles. The molecule has 1 aliphatic heterocycles. The molecule has 184 valence electrons. The topological polar surface area (TPSA) is 82.7 Å². The fourth-order valence-electron chi connectivity index (χ4n) is 4.30. The van der Waals surface area contributed by atoms with Crippen molar-refractivity contribution >= 4 is 29.0 Å². The van der Waals surface area contributed by atoms with Gasteiger partial charge in [0.15, 0.2) is 0 Å². The molecule has 0 spiro atoms. The molecule has 2 aromatic carbocycles. The number of hydrogen-bond acceptors (Lipinski definition) is 5. The Morgan fingerprint density at radius 3 is 2.51 bits per heavy atom. The minimum absolute atomic E-state index is 0.0846. The van der Waals surface area contributed by atoms with E-state index in [0.29, 0.717) is 24.3 Å². The van der Waals surface area contributed by atoms with Gasteiger partial charge < -0.3 is 20.7 Å². The molecule has 7 nitrogen and oxygen atoms in total. The minimum Gasteiger partial charge on any atom is -0.497 e. The zero-order valence-corrected chi connectivity index (χ0v) is 20.8. The number of nitrogens with zero attached hydrogens (tertiary/aromatic N) is 1. The molecule has 0 aliphatic carbocycles. The van der Waals surface area contributed by atoms with E-state index in [4.69, 9.17) is 4.74 Å². The monoisotopic (exact) mass is 492 g/mol. The molecule has 35 heavy (non-hydrogen) atoms. The SMILES string of the molecule is COc1ccc(C(CNC(=O)Nc2cccc(C(=O)NCc3cccs3)c2)N2CCCCC2)cc1. The van der Waals surface area contributed by atoms with Crippen molar-refractivity contribution < 1.29 is 14.3 Å². The van der Waals surface area contributed by atoms with Crippen LogP contribution < -0.4 is 20.7 Å². The summed E-state index contributed by atoms with van der Waals surface area (Å²) in [7, 11) is 1.66. The van der Waals surface area contributed by atoms with Crippen molar-refractivity contribution in [1.82, 2.24) is 15.5 Å².